The van der Waals surface area contributed by atoms with Gasteiger partial charge in [-0.2, -0.15) is 0 Å². The van der Waals surface area contributed by atoms with Crippen molar-refractivity contribution >= 4 is 23.6 Å². The Morgan fingerprint density at radius 3 is 2.72 bits per heavy atom. The van der Waals surface area contributed by atoms with Crippen molar-refractivity contribution in [2.75, 3.05) is 0 Å². The molecule has 3 rings (SSSR count). The van der Waals surface area contributed by atoms with Crippen molar-refractivity contribution < 1.29 is 13.9 Å². The van der Waals surface area contributed by atoms with Crippen molar-refractivity contribution in [1.82, 2.24) is 10.2 Å². The molecule has 1 atom stereocenters. The molecule has 1 heterocycles. The third kappa shape index (κ3) is 4.55. The molecule has 126 valence electrons. The standard InChI is InChI=1S/C19H15ClN2O3/c1-13(18-21-22-19(25-18)15-7-3-2-4-8-15)24-17(23)11-10-14-6-5-9-16(20)12-14/h2-13H,1H3/b11-10+/t13-/m1/s1. The van der Waals surface area contributed by atoms with E-state index in [0.717, 1.165) is 11.1 Å². The highest BCUT2D eigenvalue weighted by Gasteiger charge is 2.17. The number of rotatable bonds is 5. The number of hydrogen-bond donors (Lipinski definition) is 0. The van der Waals surface area contributed by atoms with Gasteiger partial charge < -0.3 is 9.15 Å². The summed E-state index contributed by atoms with van der Waals surface area (Å²) < 4.78 is 10.9. The van der Waals surface area contributed by atoms with E-state index in [1.54, 1.807) is 31.2 Å². The van der Waals surface area contributed by atoms with Crippen LogP contribution in [0.2, 0.25) is 5.02 Å². The van der Waals surface area contributed by atoms with Crippen molar-refractivity contribution in [1.29, 1.82) is 0 Å². The molecule has 3 aromatic rings. The van der Waals surface area contributed by atoms with Gasteiger partial charge in [0.2, 0.25) is 5.89 Å². The summed E-state index contributed by atoms with van der Waals surface area (Å²) in [5.41, 5.74) is 1.61. The van der Waals surface area contributed by atoms with E-state index in [9.17, 15) is 4.79 Å². The van der Waals surface area contributed by atoms with E-state index in [1.165, 1.54) is 6.08 Å². The maximum Gasteiger partial charge on any atom is 0.331 e. The van der Waals surface area contributed by atoms with Gasteiger partial charge in [0.1, 0.15) is 0 Å². The first-order chi connectivity index (χ1) is 12.1. The van der Waals surface area contributed by atoms with Gasteiger partial charge in [0.05, 0.1) is 0 Å². The zero-order chi connectivity index (χ0) is 17.6. The highest BCUT2D eigenvalue weighted by atomic mass is 35.5. The lowest BCUT2D eigenvalue weighted by Crippen LogP contribution is -2.06. The van der Waals surface area contributed by atoms with Crippen molar-refractivity contribution in [2.24, 2.45) is 0 Å². The van der Waals surface area contributed by atoms with Crippen molar-refractivity contribution in [3.05, 3.63) is 77.2 Å². The van der Waals surface area contributed by atoms with Crippen LogP contribution in [0.25, 0.3) is 17.5 Å². The quantitative estimate of drug-likeness (QED) is 0.490. The van der Waals surface area contributed by atoms with Crippen LogP contribution >= 0.6 is 11.6 Å². The van der Waals surface area contributed by atoms with Gasteiger partial charge in [-0.25, -0.2) is 4.79 Å². The molecule has 0 spiro atoms. The molecule has 0 bridgehead atoms. The first-order valence-corrected chi connectivity index (χ1v) is 8.03. The maximum absolute atomic E-state index is 11.9. The Kier molecular flexibility index (Phi) is 5.26. The van der Waals surface area contributed by atoms with Crippen LogP contribution in [0.3, 0.4) is 0 Å². The van der Waals surface area contributed by atoms with Gasteiger partial charge in [-0.1, -0.05) is 41.9 Å². The second-order valence-electron chi connectivity index (χ2n) is 5.28. The van der Waals surface area contributed by atoms with Crippen LogP contribution < -0.4 is 0 Å². The summed E-state index contributed by atoms with van der Waals surface area (Å²) in [5, 5.41) is 8.52. The van der Waals surface area contributed by atoms with Gasteiger partial charge in [-0.3, -0.25) is 0 Å². The fourth-order valence-electron chi connectivity index (χ4n) is 2.13. The van der Waals surface area contributed by atoms with Gasteiger partial charge >= 0.3 is 5.97 Å². The van der Waals surface area contributed by atoms with E-state index in [1.807, 2.05) is 36.4 Å². The SMILES string of the molecule is C[C@@H](OC(=O)/C=C/c1cccc(Cl)c1)c1nnc(-c2ccccc2)o1. The molecule has 0 saturated heterocycles. The molecule has 0 N–H and O–H groups in total. The number of aromatic nitrogens is 2. The highest BCUT2D eigenvalue weighted by molar-refractivity contribution is 6.30. The number of hydrogen-bond acceptors (Lipinski definition) is 5. The van der Waals surface area contributed by atoms with E-state index in [-0.39, 0.29) is 5.89 Å². The predicted octanol–water partition coefficient (Wildman–Crippen LogP) is 4.71. The van der Waals surface area contributed by atoms with Gasteiger partial charge in [0, 0.05) is 16.7 Å². The molecule has 1 aromatic heterocycles. The Morgan fingerprint density at radius 2 is 1.96 bits per heavy atom. The number of halogens is 1. The molecular weight excluding hydrogens is 340 g/mol. The summed E-state index contributed by atoms with van der Waals surface area (Å²) >= 11 is 5.90. The van der Waals surface area contributed by atoms with Crippen LogP contribution in [0, 0.1) is 0 Å². The highest BCUT2D eigenvalue weighted by Crippen LogP contribution is 2.22. The van der Waals surface area contributed by atoms with Gasteiger partial charge in [-0.15, -0.1) is 10.2 Å². The zero-order valence-electron chi connectivity index (χ0n) is 13.4. The van der Waals surface area contributed by atoms with Crippen LogP contribution in [0.15, 0.2) is 65.1 Å². The molecule has 5 nitrogen and oxygen atoms in total. The average Bonchev–Trinajstić information content (AvgIpc) is 3.11. The monoisotopic (exact) mass is 354 g/mol. The van der Waals surface area contributed by atoms with Crippen LogP contribution in [0.5, 0.6) is 0 Å². The number of nitrogens with zero attached hydrogens (tertiary/aromatic N) is 2. The third-order valence-corrected chi connectivity index (χ3v) is 3.60. The zero-order valence-corrected chi connectivity index (χ0v) is 14.2. The van der Waals surface area contributed by atoms with E-state index >= 15 is 0 Å². The fraction of sp³-hybridized carbons (Fsp3) is 0.105. The summed E-state index contributed by atoms with van der Waals surface area (Å²) in [6, 6.07) is 16.5. The normalized spacial score (nSPS) is 12.2. The smallest absolute Gasteiger partial charge is 0.331 e. The molecule has 0 radical (unpaired) electrons. The largest absolute Gasteiger partial charge is 0.449 e. The third-order valence-electron chi connectivity index (χ3n) is 3.36. The first kappa shape index (κ1) is 16.9. The lowest BCUT2D eigenvalue weighted by atomic mass is 10.2. The summed E-state index contributed by atoms with van der Waals surface area (Å²) in [6.07, 6.45) is 2.31. The topological polar surface area (TPSA) is 65.2 Å². The van der Waals surface area contributed by atoms with Crippen LogP contribution in [0.1, 0.15) is 24.5 Å². The summed E-state index contributed by atoms with van der Waals surface area (Å²) in [7, 11) is 0. The lowest BCUT2D eigenvalue weighted by Gasteiger charge is -2.06. The summed E-state index contributed by atoms with van der Waals surface area (Å²) in [6.45, 7) is 1.67. The Balaban J connectivity index is 1.63. The minimum absolute atomic E-state index is 0.239. The second kappa shape index (κ2) is 7.77. The molecule has 6 heteroatoms. The Labute approximate surface area is 149 Å². The second-order valence-corrected chi connectivity index (χ2v) is 5.72. The number of carbonyl (C=O) groups is 1. The van der Waals surface area contributed by atoms with Crippen LogP contribution in [0.4, 0.5) is 0 Å². The minimum Gasteiger partial charge on any atom is -0.449 e. The number of benzene rings is 2. The Bertz CT molecular complexity index is 890. The molecular formula is C19H15ClN2O3. The molecule has 0 amide bonds. The van der Waals surface area contributed by atoms with Gasteiger partial charge in [0.25, 0.3) is 5.89 Å². The number of esters is 1. The van der Waals surface area contributed by atoms with E-state index < -0.39 is 12.1 Å². The van der Waals surface area contributed by atoms with E-state index in [4.69, 9.17) is 20.8 Å². The number of carbonyl (C=O) groups excluding carboxylic acids is 1. The lowest BCUT2D eigenvalue weighted by molar-refractivity contribution is -0.143. The summed E-state index contributed by atoms with van der Waals surface area (Å²) in [5.74, 6) is 0.114. The molecule has 0 aliphatic heterocycles. The van der Waals surface area contributed by atoms with Gasteiger partial charge in [-0.05, 0) is 42.8 Å². The van der Waals surface area contributed by atoms with Crippen molar-refractivity contribution in [2.45, 2.75) is 13.0 Å². The average molecular weight is 355 g/mol. The molecule has 0 aliphatic carbocycles. The van der Waals surface area contributed by atoms with Crippen LogP contribution in [-0.2, 0) is 9.53 Å². The number of ether oxygens (including phenoxy) is 1. The molecule has 0 unspecified atom stereocenters. The first-order valence-electron chi connectivity index (χ1n) is 7.65. The predicted molar refractivity (Wildman–Crippen MR) is 94.7 cm³/mol. The van der Waals surface area contributed by atoms with Gasteiger partial charge in [0.15, 0.2) is 6.10 Å². The molecule has 0 aliphatic rings. The molecule has 0 saturated carbocycles. The molecule has 2 aromatic carbocycles. The van der Waals surface area contributed by atoms with E-state index in [0.29, 0.717) is 10.9 Å². The molecule has 25 heavy (non-hydrogen) atoms. The van der Waals surface area contributed by atoms with Crippen LogP contribution in [-0.4, -0.2) is 16.2 Å². The van der Waals surface area contributed by atoms with E-state index in [2.05, 4.69) is 10.2 Å². The minimum atomic E-state index is -0.651. The fourth-order valence-corrected chi connectivity index (χ4v) is 2.33. The maximum atomic E-state index is 11.9. The van der Waals surface area contributed by atoms with Crippen molar-refractivity contribution in [3.63, 3.8) is 0 Å². The van der Waals surface area contributed by atoms with Crippen molar-refractivity contribution in [3.8, 4) is 11.5 Å². The Hall–Kier alpha value is -2.92. The summed E-state index contributed by atoms with van der Waals surface area (Å²) in [4.78, 5) is 11.9. The Morgan fingerprint density at radius 1 is 1.16 bits per heavy atom. The molecule has 0 fully saturated rings.